The Morgan fingerprint density at radius 1 is 1.35 bits per heavy atom. The molecular weight excluding hydrogens is 257 g/mol. The quantitative estimate of drug-likeness (QED) is 0.683. The van der Waals surface area contributed by atoms with Crippen LogP contribution < -0.4 is 5.32 Å². The number of hydrogen-bond acceptors (Lipinski definition) is 3. The van der Waals surface area contributed by atoms with Gasteiger partial charge in [0.2, 0.25) is 0 Å². The molecular formula is C16H26FNO2. The molecule has 1 unspecified atom stereocenters. The van der Waals surface area contributed by atoms with Crippen LogP contribution >= 0.6 is 0 Å². The molecule has 0 spiro atoms. The minimum atomic E-state index is -0.630. The molecule has 0 aliphatic heterocycles. The van der Waals surface area contributed by atoms with Gasteiger partial charge in [-0.05, 0) is 43.4 Å². The maximum absolute atomic E-state index is 13.6. The van der Waals surface area contributed by atoms with E-state index in [0.29, 0.717) is 18.2 Å². The third-order valence-electron chi connectivity index (χ3n) is 3.03. The molecule has 0 fully saturated rings. The van der Waals surface area contributed by atoms with E-state index in [2.05, 4.69) is 19.2 Å². The van der Waals surface area contributed by atoms with Gasteiger partial charge in [0.25, 0.3) is 0 Å². The lowest BCUT2D eigenvalue weighted by atomic mass is 10.1. The van der Waals surface area contributed by atoms with E-state index in [-0.39, 0.29) is 19.0 Å². The smallest absolute Gasteiger partial charge is 0.146 e. The molecule has 0 bridgehead atoms. The summed E-state index contributed by atoms with van der Waals surface area (Å²) in [5.41, 5.74) is 1.29. The van der Waals surface area contributed by atoms with Gasteiger partial charge in [0.1, 0.15) is 5.82 Å². The monoisotopic (exact) mass is 283 g/mol. The van der Waals surface area contributed by atoms with E-state index in [1.165, 1.54) is 6.07 Å². The number of anilines is 1. The second-order valence-electron chi connectivity index (χ2n) is 5.63. The highest BCUT2D eigenvalue weighted by atomic mass is 19.1. The molecule has 0 aliphatic rings. The molecule has 4 heteroatoms. The fourth-order valence-electron chi connectivity index (χ4n) is 1.86. The molecule has 1 aromatic rings. The van der Waals surface area contributed by atoms with Crippen molar-refractivity contribution in [3.05, 3.63) is 29.6 Å². The van der Waals surface area contributed by atoms with Gasteiger partial charge in [0.15, 0.2) is 0 Å². The summed E-state index contributed by atoms with van der Waals surface area (Å²) in [6.45, 7) is 7.41. The lowest BCUT2D eigenvalue weighted by molar-refractivity contribution is 0.0409. The fraction of sp³-hybridized carbons (Fsp3) is 0.625. The zero-order valence-corrected chi connectivity index (χ0v) is 12.7. The maximum atomic E-state index is 13.6. The Kier molecular flexibility index (Phi) is 7.55. The Morgan fingerprint density at radius 2 is 2.10 bits per heavy atom. The van der Waals surface area contributed by atoms with Crippen LogP contribution in [0.25, 0.3) is 0 Å². The fourth-order valence-corrected chi connectivity index (χ4v) is 1.86. The summed E-state index contributed by atoms with van der Waals surface area (Å²) in [5.74, 6) is 0.379. The van der Waals surface area contributed by atoms with Crippen molar-refractivity contribution >= 4 is 5.69 Å². The third-order valence-corrected chi connectivity index (χ3v) is 3.03. The molecule has 0 aromatic heterocycles. The first kappa shape index (κ1) is 16.9. The summed E-state index contributed by atoms with van der Waals surface area (Å²) >= 11 is 0. The van der Waals surface area contributed by atoms with Gasteiger partial charge < -0.3 is 15.2 Å². The van der Waals surface area contributed by atoms with Crippen LogP contribution in [0.3, 0.4) is 0 Å². The number of ether oxygens (including phenoxy) is 1. The first-order valence-corrected chi connectivity index (χ1v) is 7.25. The minimum Gasteiger partial charge on any atom is -0.389 e. The van der Waals surface area contributed by atoms with Crippen LogP contribution in [0.1, 0.15) is 32.3 Å². The minimum absolute atomic E-state index is 0.276. The van der Waals surface area contributed by atoms with Crippen LogP contribution in [0, 0.1) is 18.7 Å². The molecule has 20 heavy (non-hydrogen) atoms. The van der Waals surface area contributed by atoms with Gasteiger partial charge in [-0.25, -0.2) is 4.39 Å². The van der Waals surface area contributed by atoms with Crippen LogP contribution in [0.4, 0.5) is 10.1 Å². The molecule has 0 saturated carbocycles. The average molecular weight is 283 g/mol. The zero-order chi connectivity index (χ0) is 15.0. The van der Waals surface area contributed by atoms with E-state index in [1.807, 2.05) is 13.0 Å². The van der Waals surface area contributed by atoms with E-state index < -0.39 is 6.10 Å². The normalized spacial score (nSPS) is 12.7. The molecule has 0 aliphatic carbocycles. The molecule has 0 heterocycles. The van der Waals surface area contributed by atoms with Gasteiger partial charge in [-0.2, -0.15) is 0 Å². The van der Waals surface area contributed by atoms with Crippen LogP contribution in [0.5, 0.6) is 0 Å². The summed E-state index contributed by atoms with van der Waals surface area (Å²) in [6.07, 6.45) is 1.50. The van der Waals surface area contributed by atoms with Crippen LogP contribution in [-0.4, -0.2) is 31.0 Å². The Morgan fingerprint density at radius 3 is 2.75 bits per heavy atom. The number of aliphatic hydroxyl groups excluding tert-OH is 1. The second-order valence-corrected chi connectivity index (χ2v) is 5.63. The van der Waals surface area contributed by atoms with Gasteiger partial charge in [0.05, 0.1) is 18.4 Å². The highest BCUT2D eigenvalue weighted by Gasteiger charge is 2.07. The molecule has 2 N–H and O–H groups in total. The Balaban J connectivity index is 2.18. The number of halogens is 1. The van der Waals surface area contributed by atoms with E-state index in [0.717, 1.165) is 18.4 Å². The van der Waals surface area contributed by atoms with Crippen molar-refractivity contribution in [2.24, 2.45) is 5.92 Å². The van der Waals surface area contributed by atoms with E-state index >= 15 is 0 Å². The van der Waals surface area contributed by atoms with Crippen molar-refractivity contribution in [1.29, 1.82) is 0 Å². The molecule has 0 radical (unpaired) electrons. The Bertz CT molecular complexity index is 396. The molecule has 0 saturated heterocycles. The summed E-state index contributed by atoms with van der Waals surface area (Å²) in [7, 11) is 0. The number of aryl methyl sites for hydroxylation is 1. The first-order valence-electron chi connectivity index (χ1n) is 7.25. The average Bonchev–Trinajstić information content (AvgIpc) is 2.37. The van der Waals surface area contributed by atoms with Crippen molar-refractivity contribution < 1.29 is 14.2 Å². The topological polar surface area (TPSA) is 41.5 Å². The first-order chi connectivity index (χ1) is 9.49. The van der Waals surface area contributed by atoms with E-state index in [9.17, 15) is 9.50 Å². The molecule has 1 aromatic carbocycles. The van der Waals surface area contributed by atoms with Gasteiger partial charge in [-0.3, -0.25) is 0 Å². The van der Waals surface area contributed by atoms with Crippen LogP contribution in [-0.2, 0) is 4.74 Å². The van der Waals surface area contributed by atoms with Gasteiger partial charge in [-0.1, -0.05) is 19.9 Å². The molecule has 1 rings (SSSR count). The van der Waals surface area contributed by atoms with Crippen molar-refractivity contribution in [2.75, 3.05) is 25.1 Å². The van der Waals surface area contributed by atoms with Crippen LogP contribution in [0.15, 0.2) is 18.2 Å². The van der Waals surface area contributed by atoms with Gasteiger partial charge in [0, 0.05) is 13.2 Å². The van der Waals surface area contributed by atoms with Gasteiger partial charge >= 0.3 is 0 Å². The zero-order valence-electron chi connectivity index (χ0n) is 12.7. The third kappa shape index (κ3) is 6.87. The SMILES string of the molecule is Cc1ccc(NCC(O)COCCCC(C)C)c(F)c1. The Labute approximate surface area is 121 Å². The predicted octanol–water partition coefficient (Wildman–Crippen LogP) is 3.36. The molecule has 3 nitrogen and oxygen atoms in total. The lowest BCUT2D eigenvalue weighted by Gasteiger charge is -2.14. The number of nitrogens with one attached hydrogen (secondary N) is 1. The van der Waals surface area contributed by atoms with Crippen molar-refractivity contribution in [3.63, 3.8) is 0 Å². The van der Waals surface area contributed by atoms with Crippen molar-refractivity contribution in [3.8, 4) is 0 Å². The summed E-state index contributed by atoms with van der Waals surface area (Å²) in [5, 5.41) is 12.6. The lowest BCUT2D eigenvalue weighted by Crippen LogP contribution is -2.25. The second kappa shape index (κ2) is 8.93. The maximum Gasteiger partial charge on any atom is 0.146 e. The predicted molar refractivity (Wildman–Crippen MR) is 80.5 cm³/mol. The summed E-state index contributed by atoms with van der Waals surface area (Å²) in [6, 6.07) is 4.98. The largest absolute Gasteiger partial charge is 0.389 e. The highest BCUT2D eigenvalue weighted by Crippen LogP contribution is 2.15. The van der Waals surface area contributed by atoms with Crippen molar-refractivity contribution in [2.45, 2.75) is 39.7 Å². The number of benzene rings is 1. The molecule has 0 amide bonds. The molecule has 1 atom stereocenters. The van der Waals surface area contributed by atoms with Crippen LogP contribution in [0.2, 0.25) is 0 Å². The van der Waals surface area contributed by atoms with Gasteiger partial charge in [-0.15, -0.1) is 0 Å². The number of rotatable bonds is 9. The standard InChI is InChI=1S/C16H26FNO2/c1-12(2)5-4-8-20-11-14(19)10-18-16-7-6-13(3)9-15(16)17/h6-7,9,12,14,18-19H,4-5,8,10-11H2,1-3H3. The summed E-state index contributed by atoms with van der Waals surface area (Å²) < 4.78 is 19.0. The number of hydrogen-bond donors (Lipinski definition) is 2. The van der Waals surface area contributed by atoms with Crippen molar-refractivity contribution in [1.82, 2.24) is 0 Å². The van der Waals surface area contributed by atoms with E-state index in [4.69, 9.17) is 4.74 Å². The Hall–Kier alpha value is -1.13. The number of aliphatic hydroxyl groups is 1. The summed E-state index contributed by atoms with van der Waals surface area (Å²) in [4.78, 5) is 0. The molecule has 114 valence electrons. The highest BCUT2D eigenvalue weighted by molar-refractivity contribution is 5.46. The van der Waals surface area contributed by atoms with E-state index in [1.54, 1.807) is 6.07 Å².